The van der Waals surface area contributed by atoms with Gasteiger partial charge in [-0.3, -0.25) is 0 Å². The summed E-state index contributed by atoms with van der Waals surface area (Å²) >= 11 is 0. The van der Waals surface area contributed by atoms with E-state index in [0.29, 0.717) is 31.7 Å². The summed E-state index contributed by atoms with van der Waals surface area (Å²) in [6, 6.07) is 0.456. The summed E-state index contributed by atoms with van der Waals surface area (Å²) in [5.41, 5.74) is 0. The van der Waals surface area contributed by atoms with Crippen LogP contribution in [0.3, 0.4) is 0 Å². The van der Waals surface area contributed by atoms with Crippen LogP contribution in [0.5, 0.6) is 0 Å². The number of urea groups is 1. The van der Waals surface area contributed by atoms with Gasteiger partial charge in [0.2, 0.25) is 0 Å². The molecule has 0 radical (unpaired) electrons. The Labute approximate surface area is 115 Å². The molecule has 2 aliphatic rings. The second kappa shape index (κ2) is 6.91. The number of piperidine rings is 1. The maximum absolute atomic E-state index is 12.2. The molecule has 0 aromatic rings. The number of hydrogen-bond acceptors (Lipinski definition) is 3. The first-order valence-corrected chi connectivity index (χ1v) is 7.14. The van der Waals surface area contributed by atoms with E-state index in [-0.39, 0.29) is 6.03 Å². The number of amides is 2. The van der Waals surface area contributed by atoms with Crippen LogP contribution >= 0.6 is 0 Å². The highest BCUT2D eigenvalue weighted by Gasteiger charge is 2.39. The first kappa shape index (κ1) is 14.3. The summed E-state index contributed by atoms with van der Waals surface area (Å²) in [4.78, 5) is 16.5. The van der Waals surface area contributed by atoms with Gasteiger partial charge in [0.05, 0.1) is 13.2 Å². The Bertz CT molecular complexity index is 322. The summed E-state index contributed by atoms with van der Waals surface area (Å²) in [6.45, 7) is 8.28. The van der Waals surface area contributed by atoms with Crippen LogP contribution in [0.25, 0.3) is 0 Å². The highest BCUT2D eigenvalue weighted by atomic mass is 16.5. The van der Waals surface area contributed by atoms with Gasteiger partial charge in [-0.1, -0.05) is 6.08 Å². The molecule has 2 aliphatic heterocycles. The van der Waals surface area contributed by atoms with Crippen molar-refractivity contribution >= 4 is 6.03 Å². The standard InChI is InChI=1S/C14H25N3O2/c1-3-9-19-10-6-15-14(18)17-8-5-12-4-7-16(2)11-13(12)17/h3,12-13H,1,4-11H2,2H3,(H,15,18). The molecule has 0 bridgehead atoms. The highest BCUT2D eigenvalue weighted by molar-refractivity contribution is 5.75. The molecule has 0 aliphatic carbocycles. The second-order valence-corrected chi connectivity index (χ2v) is 5.46. The molecule has 0 saturated carbocycles. The maximum Gasteiger partial charge on any atom is 0.317 e. The molecule has 2 atom stereocenters. The van der Waals surface area contributed by atoms with E-state index in [1.165, 1.54) is 6.42 Å². The van der Waals surface area contributed by atoms with Crippen molar-refractivity contribution in [3.63, 3.8) is 0 Å². The topological polar surface area (TPSA) is 44.8 Å². The highest BCUT2D eigenvalue weighted by Crippen LogP contribution is 2.30. The van der Waals surface area contributed by atoms with Gasteiger partial charge in [-0.15, -0.1) is 6.58 Å². The van der Waals surface area contributed by atoms with E-state index in [0.717, 1.165) is 26.1 Å². The predicted octanol–water partition coefficient (Wildman–Crippen LogP) is 0.925. The smallest absolute Gasteiger partial charge is 0.317 e. The molecule has 0 aromatic heterocycles. The molecule has 108 valence electrons. The van der Waals surface area contributed by atoms with Crippen molar-refractivity contribution in [1.82, 2.24) is 15.1 Å². The van der Waals surface area contributed by atoms with Crippen LogP contribution in [0.1, 0.15) is 12.8 Å². The molecule has 19 heavy (non-hydrogen) atoms. The summed E-state index contributed by atoms with van der Waals surface area (Å²) in [6.07, 6.45) is 4.08. The number of nitrogens with zero attached hydrogens (tertiary/aromatic N) is 2. The lowest BCUT2D eigenvalue weighted by atomic mass is 9.92. The molecule has 5 nitrogen and oxygen atoms in total. The minimum Gasteiger partial charge on any atom is -0.376 e. The van der Waals surface area contributed by atoms with Crippen LogP contribution in [0.2, 0.25) is 0 Å². The predicted molar refractivity (Wildman–Crippen MR) is 75.1 cm³/mol. The number of fused-ring (bicyclic) bond motifs is 1. The van der Waals surface area contributed by atoms with Gasteiger partial charge in [0, 0.05) is 25.7 Å². The molecular formula is C14H25N3O2. The SMILES string of the molecule is C=CCOCCNC(=O)N1CCC2CCN(C)CC21. The van der Waals surface area contributed by atoms with Crippen LogP contribution in [0.4, 0.5) is 4.79 Å². The zero-order chi connectivity index (χ0) is 13.7. The van der Waals surface area contributed by atoms with Gasteiger partial charge in [0.15, 0.2) is 0 Å². The third kappa shape index (κ3) is 3.70. The van der Waals surface area contributed by atoms with Crippen LogP contribution in [-0.2, 0) is 4.74 Å². The zero-order valence-electron chi connectivity index (χ0n) is 11.8. The molecule has 0 aromatic carbocycles. The van der Waals surface area contributed by atoms with E-state index in [9.17, 15) is 4.79 Å². The average molecular weight is 267 g/mol. The Balaban J connectivity index is 1.74. The lowest BCUT2D eigenvalue weighted by Crippen LogP contribution is -2.51. The van der Waals surface area contributed by atoms with Crippen LogP contribution < -0.4 is 5.32 Å². The van der Waals surface area contributed by atoms with Gasteiger partial charge >= 0.3 is 6.03 Å². The lowest BCUT2D eigenvalue weighted by Gasteiger charge is -2.36. The van der Waals surface area contributed by atoms with Gasteiger partial charge < -0.3 is 19.9 Å². The number of carbonyl (C=O) groups is 1. The van der Waals surface area contributed by atoms with E-state index in [4.69, 9.17) is 4.74 Å². The Morgan fingerprint density at radius 1 is 1.47 bits per heavy atom. The van der Waals surface area contributed by atoms with Gasteiger partial charge in [-0.05, 0) is 32.4 Å². The minimum atomic E-state index is 0.0602. The zero-order valence-corrected chi connectivity index (χ0v) is 11.8. The molecule has 2 rings (SSSR count). The lowest BCUT2D eigenvalue weighted by molar-refractivity contribution is 0.126. The third-order valence-corrected chi connectivity index (χ3v) is 4.08. The van der Waals surface area contributed by atoms with Crippen molar-refractivity contribution < 1.29 is 9.53 Å². The van der Waals surface area contributed by atoms with Crippen molar-refractivity contribution in [2.24, 2.45) is 5.92 Å². The average Bonchev–Trinajstić information content (AvgIpc) is 2.81. The summed E-state index contributed by atoms with van der Waals surface area (Å²) in [5, 5.41) is 2.94. The van der Waals surface area contributed by atoms with Crippen LogP contribution in [-0.4, -0.2) is 68.3 Å². The third-order valence-electron chi connectivity index (χ3n) is 4.08. The quantitative estimate of drug-likeness (QED) is 0.595. The number of rotatable bonds is 5. The largest absolute Gasteiger partial charge is 0.376 e. The molecule has 2 amide bonds. The monoisotopic (exact) mass is 267 g/mol. The van der Waals surface area contributed by atoms with Gasteiger partial charge in [-0.2, -0.15) is 0 Å². The molecule has 2 heterocycles. The Hall–Kier alpha value is -1.07. The van der Waals surface area contributed by atoms with Gasteiger partial charge in [0.25, 0.3) is 0 Å². The fraction of sp³-hybridized carbons (Fsp3) is 0.786. The molecule has 2 unspecified atom stereocenters. The molecular weight excluding hydrogens is 242 g/mol. The fourth-order valence-electron chi connectivity index (χ4n) is 3.05. The van der Waals surface area contributed by atoms with Crippen LogP contribution in [0.15, 0.2) is 12.7 Å². The van der Waals surface area contributed by atoms with Crippen molar-refractivity contribution in [1.29, 1.82) is 0 Å². The normalized spacial score (nSPS) is 27.1. The van der Waals surface area contributed by atoms with Crippen molar-refractivity contribution in [2.75, 3.05) is 46.4 Å². The van der Waals surface area contributed by atoms with Gasteiger partial charge in [-0.25, -0.2) is 4.79 Å². The molecule has 1 N–H and O–H groups in total. The summed E-state index contributed by atoms with van der Waals surface area (Å²) in [7, 11) is 2.13. The fourth-order valence-corrected chi connectivity index (χ4v) is 3.05. The van der Waals surface area contributed by atoms with E-state index >= 15 is 0 Å². The molecule has 2 fully saturated rings. The molecule has 5 heteroatoms. The Kier molecular flexibility index (Phi) is 5.22. The van der Waals surface area contributed by atoms with E-state index < -0.39 is 0 Å². The molecule has 2 saturated heterocycles. The number of ether oxygens (including phenoxy) is 1. The summed E-state index contributed by atoms with van der Waals surface area (Å²) < 4.78 is 5.26. The van der Waals surface area contributed by atoms with E-state index in [1.807, 2.05) is 4.90 Å². The molecule has 0 spiro atoms. The van der Waals surface area contributed by atoms with Crippen LogP contribution in [0, 0.1) is 5.92 Å². The van der Waals surface area contributed by atoms with Crippen molar-refractivity contribution in [3.05, 3.63) is 12.7 Å². The van der Waals surface area contributed by atoms with E-state index in [2.05, 4.69) is 23.8 Å². The minimum absolute atomic E-state index is 0.0602. The van der Waals surface area contributed by atoms with Gasteiger partial charge in [0.1, 0.15) is 0 Å². The Morgan fingerprint density at radius 3 is 3.05 bits per heavy atom. The van der Waals surface area contributed by atoms with Crippen molar-refractivity contribution in [3.8, 4) is 0 Å². The Morgan fingerprint density at radius 2 is 2.26 bits per heavy atom. The maximum atomic E-state index is 12.2. The number of nitrogens with one attached hydrogen (secondary N) is 1. The first-order valence-electron chi connectivity index (χ1n) is 7.14. The number of hydrogen-bond donors (Lipinski definition) is 1. The van der Waals surface area contributed by atoms with E-state index in [1.54, 1.807) is 6.08 Å². The number of likely N-dealkylation sites (tertiary alicyclic amines) is 2. The number of carbonyl (C=O) groups excluding carboxylic acids is 1. The number of likely N-dealkylation sites (N-methyl/N-ethyl adjacent to an activating group) is 1. The first-order chi connectivity index (χ1) is 9.22. The summed E-state index contributed by atoms with van der Waals surface area (Å²) in [5.74, 6) is 0.693. The van der Waals surface area contributed by atoms with Crippen molar-refractivity contribution in [2.45, 2.75) is 18.9 Å². The second-order valence-electron chi connectivity index (χ2n) is 5.46.